The van der Waals surface area contributed by atoms with Gasteiger partial charge in [-0.3, -0.25) is 10.1 Å². The number of hydrogen-bond acceptors (Lipinski definition) is 9. The Hall–Kier alpha value is -2.36. The van der Waals surface area contributed by atoms with Gasteiger partial charge in [-0.25, -0.2) is 14.6 Å². The second-order valence-corrected chi connectivity index (χ2v) is 10.2. The molecule has 0 saturated heterocycles. The van der Waals surface area contributed by atoms with Crippen LogP contribution in [0, 0.1) is 5.92 Å². The molecule has 2 rings (SSSR count). The first kappa shape index (κ1) is 24.9. The molecular weight excluding hydrogens is 424 g/mol. The van der Waals surface area contributed by atoms with E-state index in [1.165, 1.54) is 0 Å². The molecule has 1 aliphatic rings. The molecular formula is C21H32N2O7S. The van der Waals surface area contributed by atoms with E-state index in [1.807, 2.05) is 0 Å². The normalized spacial score (nSPS) is 16.1. The van der Waals surface area contributed by atoms with Crippen LogP contribution in [0.25, 0.3) is 0 Å². The van der Waals surface area contributed by atoms with Crippen molar-refractivity contribution < 1.29 is 33.3 Å². The first-order valence-corrected chi connectivity index (χ1v) is 11.2. The van der Waals surface area contributed by atoms with Crippen molar-refractivity contribution in [2.24, 2.45) is 5.92 Å². The van der Waals surface area contributed by atoms with Crippen molar-refractivity contribution in [1.29, 1.82) is 0 Å². The molecule has 1 heterocycles. The molecule has 1 aliphatic carbocycles. The van der Waals surface area contributed by atoms with E-state index >= 15 is 0 Å². The minimum absolute atomic E-state index is 0.00545. The highest BCUT2D eigenvalue weighted by Gasteiger charge is 2.46. The molecule has 31 heavy (non-hydrogen) atoms. The molecule has 9 nitrogen and oxygen atoms in total. The summed E-state index contributed by atoms with van der Waals surface area (Å²) in [5.74, 6) is -1.46. The van der Waals surface area contributed by atoms with E-state index in [4.69, 9.17) is 18.9 Å². The summed E-state index contributed by atoms with van der Waals surface area (Å²) in [7, 11) is 0. The van der Waals surface area contributed by atoms with Gasteiger partial charge in [0, 0.05) is 5.38 Å². The maximum Gasteiger partial charge on any atom is 0.509 e. The molecule has 0 bridgehead atoms. The molecule has 0 aliphatic heterocycles. The highest BCUT2D eigenvalue weighted by Crippen LogP contribution is 2.42. The standard InChI is InChI=1S/C21H32N2O7S/c1-8-27-16(24)14(15(12-9-10-12)28-19(26)30-21(5,6)7)13-11-31-17(22-13)23-18(25)29-20(2,3)4/h11-12,14-15H,8-10H2,1-7H3,(H,22,23,25). The number of aromatic nitrogens is 1. The zero-order valence-corrected chi connectivity index (χ0v) is 20.0. The van der Waals surface area contributed by atoms with Crippen molar-refractivity contribution in [3.63, 3.8) is 0 Å². The highest BCUT2D eigenvalue weighted by atomic mass is 32.1. The maximum absolute atomic E-state index is 12.8. The number of anilines is 1. The molecule has 0 spiro atoms. The van der Waals surface area contributed by atoms with Crippen LogP contribution in [0.15, 0.2) is 5.38 Å². The molecule has 1 amide bonds. The SMILES string of the molecule is CCOC(=O)C(c1csc(NC(=O)OC(C)(C)C)n1)C(OC(=O)OC(C)(C)C)C1CC1. The van der Waals surface area contributed by atoms with Crippen molar-refractivity contribution in [1.82, 2.24) is 4.98 Å². The average molecular weight is 457 g/mol. The number of hydrogen-bond donors (Lipinski definition) is 1. The third kappa shape index (κ3) is 8.35. The van der Waals surface area contributed by atoms with Gasteiger partial charge in [0.15, 0.2) is 5.13 Å². The smallest absolute Gasteiger partial charge is 0.465 e. The van der Waals surface area contributed by atoms with Crippen LogP contribution in [-0.4, -0.2) is 47.1 Å². The lowest BCUT2D eigenvalue weighted by Gasteiger charge is -2.26. The van der Waals surface area contributed by atoms with Crippen LogP contribution >= 0.6 is 11.3 Å². The molecule has 10 heteroatoms. The Morgan fingerprint density at radius 3 is 2.26 bits per heavy atom. The van der Waals surface area contributed by atoms with Crippen LogP contribution in [0.2, 0.25) is 0 Å². The number of carbonyl (C=O) groups excluding carboxylic acids is 3. The van der Waals surface area contributed by atoms with E-state index in [0.717, 1.165) is 24.2 Å². The first-order chi connectivity index (χ1) is 14.3. The van der Waals surface area contributed by atoms with Crippen LogP contribution in [0.5, 0.6) is 0 Å². The van der Waals surface area contributed by atoms with E-state index in [1.54, 1.807) is 53.8 Å². The molecule has 2 unspecified atom stereocenters. The number of ether oxygens (including phenoxy) is 4. The van der Waals surface area contributed by atoms with Gasteiger partial charge in [0.1, 0.15) is 23.2 Å². The fraction of sp³-hybridized carbons (Fsp3) is 0.714. The summed E-state index contributed by atoms with van der Waals surface area (Å²) in [5.41, 5.74) is -1.03. The molecule has 0 radical (unpaired) electrons. The quantitative estimate of drug-likeness (QED) is 0.457. The zero-order valence-electron chi connectivity index (χ0n) is 19.1. The predicted octanol–water partition coefficient (Wildman–Crippen LogP) is 4.87. The Bertz CT molecular complexity index is 790. The van der Waals surface area contributed by atoms with Crippen LogP contribution < -0.4 is 5.32 Å². The second-order valence-electron chi connectivity index (χ2n) is 9.32. The van der Waals surface area contributed by atoms with E-state index in [0.29, 0.717) is 5.69 Å². The third-order valence-corrected chi connectivity index (χ3v) is 4.80. The predicted molar refractivity (Wildman–Crippen MR) is 115 cm³/mol. The molecule has 1 aromatic rings. The minimum Gasteiger partial charge on any atom is -0.465 e. The fourth-order valence-electron chi connectivity index (χ4n) is 2.78. The van der Waals surface area contributed by atoms with Crippen LogP contribution in [0.4, 0.5) is 14.7 Å². The van der Waals surface area contributed by atoms with Crippen LogP contribution in [-0.2, 0) is 23.7 Å². The lowest BCUT2D eigenvalue weighted by Crippen LogP contribution is -2.36. The lowest BCUT2D eigenvalue weighted by atomic mass is 9.95. The fourth-order valence-corrected chi connectivity index (χ4v) is 3.51. The summed E-state index contributed by atoms with van der Waals surface area (Å²) in [6.07, 6.45) is -0.635. The number of thiazole rings is 1. The summed E-state index contributed by atoms with van der Waals surface area (Å²) in [5, 5.41) is 4.47. The number of esters is 1. The van der Waals surface area contributed by atoms with Crippen molar-refractivity contribution in [3.8, 4) is 0 Å². The van der Waals surface area contributed by atoms with E-state index in [9.17, 15) is 14.4 Å². The highest BCUT2D eigenvalue weighted by molar-refractivity contribution is 7.13. The topological polar surface area (TPSA) is 113 Å². The van der Waals surface area contributed by atoms with Crippen LogP contribution in [0.1, 0.15) is 72.9 Å². The number of rotatable bonds is 7. The molecule has 1 N–H and O–H groups in total. The van der Waals surface area contributed by atoms with Crippen molar-refractivity contribution in [2.45, 2.75) is 84.5 Å². The first-order valence-electron chi connectivity index (χ1n) is 10.3. The molecule has 0 aromatic carbocycles. The van der Waals surface area contributed by atoms with Gasteiger partial charge in [0.05, 0.1) is 12.3 Å². The Morgan fingerprint density at radius 1 is 1.13 bits per heavy atom. The van der Waals surface area contributed by atoms with Gasteiger partial charge in [0.2, 0.25) is 0 Å². The van der Waals surface area contributed by atoms with E-state index < -0.39 is 41.4 Å². The molecule has 2 atom stereocenters. The van der Waals surface area contributed by atoms with Crippen molar-refractivity contribution in [3.05, 3.63) is 11.1 Å². The van der Waals surface area contributed by atoms with Gasteiger partial charge in [-0.1, -0.05) is 0 Å². The Labute approximate surface area is 186 Å². The van der Waals surface area contributed by atoms with Gasteiger partial charge >= 0.3 is 18.2 Å². The Kier molecular flexibility index (Phi) is 7.91. The van der Waals surface area contributed by atoms with Crippen LogP contribution in [0.3, 0.4) is 0 Å². The van der Waals surface area contributed by atoms with E-state index in [2.05, 4.69) is 10.3 Å². The number of amides is 1. The van der Waals surface area contributed by atoms with Crippen molar-refractivity contribution in [2.75, 3.05) is 11.9 Å². The molecule has 1 fully saturated rings. The monoisotopic (exact) mass is 456 g/mol. The Balaban J connectivity index is 2.23. The zero-order chi connectivity index (χ0) is 23.4. The maximum atomic E-state index is 12.8. The van der Waals surface area contributed by atoms with E-state index in [-0.39, 0.29) is 17.7 Å². The Morgan fingerprint density at radius 2 is 1.74 bits per heavy atom. The average Bonchev–Trinajstić information content (AvgIpc) is 3.32. The van der Waals surface area contributed by atoms with Crippen molar-refractivity contribution >= 4 is 34.7 Å². The van der Waals surface area contributed by atoms with Gasteiger partial charge in [-0.2, -0.15) is 0 Å². The second kappa shape index (κ2) is 9.84. The summed E-state index contributed by atoms with van der Waals surface area (Å²) in [6, 6.07) is 0. The summed E-state index contributed by atoms with van der Waals surface area (Å²) >= 11 is 1.14. The largest absolute Gasteiger partial charge is 0.509 e. The molecule has 174 valence electrons. The lowest BCUT2D eigenvalue weighted by molar-refractivity contribution is -0.149. The molecule has 1 saturated carbocycles. The number of nitrogens with zero attached hydrogens (tertiary/aromatic N) is 1. The van der Waals surface area contributed by atoms with Gasteiger partial charge < -0.3 is 18.9 Å². The number of carbonyl (C=O) groups is 3. The third-order valence-electron chi connectivity index (χ3n) is 4.03. The summed E-state index contributed by atoms with van der Waals surface area (Å²) in [4.78, 5) is 41.5. The minimum atomic E-state index is -0.926. The summed E-state index contributed by atoms with van der Waals surface area (Å²) < 4.78 is 21.3. The summed E-state index contributed by atoms with van der Waals surface area (Å²) in [6.45, 7) is 12.3. The van der Waals surface area contributed by atoms with Gasteiger partial charge in [-0.15, -0.1) is 11.3 Å². The number of nitrogens with one attached hydrogen (secondary N) is 1. The van der Waals surface area contributed by atoms with Gasteiger partial charge in [-0.05, 0) is 67.2 Å². The molecule has 1 aromatic heterocycles. The van der Waals surface area contributed by atoms with Gasteiger partial charge in [0.25, 0.3) is 0 Å².